The Morgan fingerprint density at radius 3 is 2.14 bits per heavy atom. The van der Waals surface area contributed by atoms with E-state index in [2.05, 4.69) is 29.6 Å². The molecule has 21 heavy (non-hydrogen) atoms. The molecule has 0 fully saturated rings. The van der Waals surface area contributed by atoms with Gasteiger partial charge < -0.3 is 15.8 Å². The van der Waals surface area contributed by atoms with Crippen LogP contribution in [0.4, 0.5) is 5.69 Å². The maximum Gasteiger partial charge on any atom is 0.221 e. The molecule has 0 aliphatic rings. The Labute approximate surface area is 124 Å². The summed E-state index contributed by atoms with van der Waals surface area (Å²) in [5.74, 6) is -0.313. The predicted octanol–water partition coefficient (Wildman–Crippen LogP) is 2.47. The van der Waals surface area contributed by atoms with Gasteiger partial charge in [-0.3, -0.25) is 4.79 Å². The number of hydrogen-bond acceptors (Lipinski definition) is 3. The van der Waals surface area contributed by atoms with Gasteiger partial charge in [0.1, 0.15) is 0 Å². The van der Waals surface area contributed by atoms with E-state index >= 15 is 0 Å². The molecule has 0 saturated heterocycles. The van der Waals surface area contributed by atoms with Crippen molar-refractivity contribution >= 4 is 11.6 Å². The third kappa shape index (κ3) is 4.93. The van der Waals surface area contributed by atoms with Gasteiger partial charge in [0.25, 0.3) is 0 Å². The van der Waals surface area contributed by atoms with Crippen LogP contribution in [0.3, 0.4) is 0 Å². The Bertz CT molecular complexity index is 577. The van der Waals surface area contributed by atoms with Gasteiger partial charge in [-0.15, -0.1) is 0 Å². The van der Waals surface area contributed by atoms with Crippen molar-refractivity contribution < 1.29 is 9.53 Å². The average molecular weight is 284 g/mol. The number of nitrogens with two attached hydrogens (primary N) is 1. The molecule has 4 nitrogen and oxygen atoms in total. The fourth-order valence-corrected chi connectivity index (χ4v) is 2.07. The Hall–Kier alpha value is -2.33. The zero-order valence-corrected chi connectivity index (χ0v) is 12.1. The molecule has 0 spiro atoms. The van der Waals surface area contributed by atoms with Gasteiger partial charge in [0.05, 0.1) is 13.0 Å². The first-order valence-corrected chi connectivity index (χ1v) is 6.85. The first kappa shape index (κ1) is 15.1. The fraction of sp³-hybridized carbons (Fsp3) is 0.235. The Morgan fingerprint density at radius 1 is 1.00 bits per heavy atom. The average Bonchev–Trinajstić information content (AvgIpc) is 2.48. The van der Waals surface area contributed by atoms with Crippen LogP contribution in [0.15, 0.2) is 48.5 Å². The van der Waals surface area contributed by atoms with Crippen molar-refractivity contribution in [2.75, 3.05) is 12.4 Å². The number of ether oxygens (including phenoxy) is 1. The predicted molar refractivity (Wildman–Crippen MR) is 83.8 cm³/mol. The fourth-order valence-electron chi connectivity index (χ4n) is 2.07. The van der Waals surface area contributed by atoms with Crippen LogP contribution >= 0.6 is 0 Å². The number of anilines is 1. The molecule has 110 valence electrons. The number of rotatable bonds is 7. The first-order chi connectivity index (χ1) is 10.2. The van der Waals surface area contributed by atoms with Crippen molar-refractivity contribution in [3.63, 3.8) is 0 Å². The van der Waals surface area contributed by atoms with Crippen molar-refractivity contribution in [2.45, 2.75) is 19.6 Å². The van der Waals surface area contributed by atoms with Crippen LogP contribution in [-0.2, 0) is 29.1 Å². The van der Waals surface area contributed by atoms with Crippen LogP contribution in [0.2, 0.25) is 0 Å². The summed E-state index contributed by atoms with van der Waals surface area (Å²) in [6.07, 6.45) is 0.279. The maximum atomic E-state index is 10.8. The normalized spacial score (nSPS) is 10.3. The Balaban J connectivity index is 1.88. The third-order valence-corrected chi connectivity index (χ3v) is 3.16. The standard InChI is InChI=1S/C17H20N2O2/c1-21-12-15-4-2-14(3-5-15)11-19-16-8-6-13(7-9-16)10-17(18)20/h2-9,19H,10-12H2,1H3,(H2,18,20). The minimum absolute atomic E-state index is 0.279. The molecule has 0 unspecified atom stereocenters. The monoisotopic (exact) mass is 284 g/mol. The van der Waals surface area contributed by atoms with Crippen molar-refractivity contribution in [3.8, 4) is 0 Å². The highest BCUT2D eigenvalue weighted by atomic mass is 16.5. The van der Waals surface area contributed by atoms with E-state index < -0.39 is 0 Å². The van der Waals surface area contributed by atoms with Crippen LogP contribution in [0.1, 0.15) is 16.7 Å². The minimum Gasteiger partial charge on any atom is -0.381 e. The lowest BCUT2D eigenvalue weighted by molar-refractivity contribution is -0.117. The summed E-state index contributed by atoms with van der Waals surface area (Å²) >= 11 is 0. The van der Waals surface area contributed by atoms with Gasteiger partial charge in [-0.2, -0.15) is 0 Å². The lowest BCUT2D eigenvalue weighted by atomic mass is 10.1. The maximum absolute atomic E-state index is 10.8. The summed E-state index contributed by atoms with van der Waals surface area (Å²) in [4.78, 5) is 10.8. The van der Waals surface area contributed by atoms with Gasteiger partial charge >= 0.3 is 0 Å². The highest BCUT2D eigenvalue weighted by Crippen LogP contribution is 2.12. The second kappa shape index (κ2) is 7.45. The molecule has 2 aromatic rings. The van der Waals surface area contributed by atoms with Crippen LogP contribution in [0, 0.1) is 0 Å². The van der Waals surface area contributed by atoms with E-state index in [1.807, 2.05) is 24.3 Å². The van der Waals surface area contributed by atoms with Crippen LogP contribution in [0.5, 0.6) is 0 Å². The van der Waals surface area contributed by atoms with Crippen molar-refractivity contribution in [1.82, 2.24) is 0 Å². The first-order valence-electron chi connectivity index (χ1n) is 6.85. The van der Waals surface area contributed by atoms with Gasteiger partial charge in [0.2, 0.25) is 5.91 Å². The summed E-state index contributed by atoms with van der Waals surface area (Å²) in [7, 11) is 1.69. The molecule has 2 rings (SSSR count). The largest absolute Gasteiger partial charge is 0.381 e. The lowest BCUT2D eigenvalue weighted by Crippen LogP contribution is -2.13. The molecule has 0 heterocycles. The SMILES string of the molecule is COCc1ccc(CNc2ccc(CC(N)=O)cc2)cc1. The molecule has 0 radical (unpaired) electrons. The van der Waals surface area contributed by atoms with Crippen molar-refractivity contribution in [2.24, 2.45) is 5.73 Å². The van der Waals surface area contributed by atoms with Crippen LogP contribution in [0.25, 0.3) is 0 Å². The molecule has 0 aliphatic carbocycles. The molecule has 0 bridgehead atoms. The van der Waals surface area contributed by atoms with Crippen LogP contribution < -0.4 is 11.1 Å². The lowest BCUT2D eigenvalue weighted by Gasteiger charge is -2.08. The molecule has 0 aromatic heterocycles. The van der Waals surface area contributed by atoms with Crippen molar-refractivity contribution in [1.29, 1.82) is 0 Å². The summed E-state index contributed by atoms with van der Waals surface area (Å²) < 4.78 is 5.09. The molecule has 3 N–H and O–H groups in total. The topological polar surface area (TPSA) is 64.3 Å². The number of benzene rings is 2. The molecule has 2 aromatic carbocycles. The second-order valence-corrected chi connectivity index (χ2v) is 4.94. The summed E-state index contributed by atoms with van der Waals surface area (Å²) in [5.41, 5.74) is 9.48. The summed E-state index contributed by atoms with van der Waals surface area (Å²) in [6, 6.07) is 16.0. The highest BCUT2D eigenvalue weighted by Gasteiger charge is 1.99. The number of carbonyl (C=O) groups is 1. The number of methoxy groups -OCH3 is 1. The van der Waals surface area contributed by atoms with Gasteiger partial charge in [0.15, 0.2) is 0 Å². The number of nitrogens with one attached hydrogen (secondary N) is 1. The molecule has 4 heteroatoms. The molecule has 0 aliphatic heterocycles. The van der Waals surface area contributed by atoms with E-state index in [0.29, 0.717) is 6.61 Å². The number of carbonyl (C=O) groups excluding carboxylic acids is 1. The van der Waals surface area contributed by atoms with E-state index in [4.69, 9.17) is 10.5 Å². The van der Waals surface area contributed by atoms with Crippen molar-refractivity contribution in [3.05, 3.63) is 65.2 Å². The zero-order chi connectivity index (χ0) is 15.1. The Kier molecular flexibility index (Phi) is 5.35. The minimum atomic E-state index is -0.313. The molecule has 1 amide bonds. The van der Waals surface area contributed by atoms with Gasteiger partial charge in [-0.05, 0) is 28.8 Å². The van der Waals surface area contributed by atoms with E-state index in [-0.39, 0.29) is 12.3 Å². The zero-order valence-electron chi connectivity index (χ0n) is 12.1. The molecule has 0 saturated carbocycles. The Morgan fingerprint density at radius 2 is 1.57 bits per heavy atom. The van der Waals surface area contributed by atoms with Gasteiger partial charge in [0, 0.05) is 19.3 Å². The molecular formula is C17H20N2O2. The van der Waals surface area contributed by atoms with E-state index in [1.54, 1.807) is 7.11 Å². The quantitative estimate of drug-likeness (QED) is 0.821. The van der Waals surface area contributed by atoms with Crippen LogP contribution in [-0.4, -0.2) is 13.0 Å². The highest BCUT2D eigenvalue weighted by molar-refractivity contribution is 5.76. The summed E-state index contributed by atoms with van der Waals surface area (Å²) in [5, 5.41) is 3.35. The van der Waals surface area contributed by atoms with E-state index in [0.717, 1.165) is 23.4 Å². The smallest absolute Gasteiger partial charge is 0.221 e. The van der Waals surface area contributed by atoms with E-state index in [1.165, 1.54) is 5.56 Å². The molecular weight excluding hydrogens is 264 g/mol. The molecule has 0 atom stereocenters. The third-order valence-electron chi connectivity index (χ3n) is 3.16. The number of primary amides is 1. The van der Waals surface area contributed by atoms with E-state index in [9.17, 15) is 4.79 Å². The second-order valence-electron chi connectivity index (χ2n) is 4.94. The van der Waals surface area contributed by atoms with Gasteiger partial charge in [-0.1, -0.05) is 36.4 Å². The summed E-state index contributed by atoms with van der Waals surface area (Å²) in [6.45, 7) is 1.39. The van der Waals surface area contributed by atoms with Gasteiger partial charge in [-0.25, -0.2) is 0 Å². The number of hydrogen-bond donors (Lipinski definition) is 2. The number of amides is 1.